The summed E-state index contributed by atoms with van der Waals surface area (Å²) in [6.07, 6.45) is 13.4. The first-order chi connectivity index (χ1) is 11.2. The van der Waals surface area contributed by atoms with Crippen molar-refractivity contribution in [1.29, 1.82) is 0 Å². The Morgan fingerprint density at radius 1 is 0.913 bits per heavy atom. The molecule has 1 aliphatic heterocycles. The molecule has 1 saturated heterocycles. The van der Waals surface area contributed by atoms with E-state index >= 15 is 0 Å². The predicted octanol–water partition coefficient (Wildman–Crippen LogP) is 5.98. The minimum Gasteiger partial charge on any atom is -0.462 e. The van der Waals surface area contributed by atoms with E-state index in [9.17, 15) is 4.79 Å². The van der Waals surface area contributed by atoms with Gasteiger partial charge in [-0.15, -0.1) is 0 Å². The highest BCUT2D eigenvalue weighted by atomic mass is 28.3. The van der Waals surface area contributed by atoms with Gasteiger partial charge in [-0.2, -0.15) is 0 Å². The van der Waals surface area contributed by atoms with Gasteiger partial charge in [-0.1, -0.05) is 64.1 Å². The van der Waals surface area contributed by atoms with Crippen molar-refractivity contribution >= 4 is 14.8 Å². The summed E-state index contributed by atoms with van der Waals surface area (Å²) < 4.78 is 5.69. The Bertz CT molecular complexity index is 329. The predicted molar refractivity (Wildman–Crippen MR) is 99.2 cm³/mol. The number of hydrogen-bond donors (Lipinski definition) is 0. The van der Waals surface area contributed by atoms with Gasteiger partial charge >= 0.3 is 5.97 Å². The van der Waals surface area contributed by atoms with E-state index in [0.717, 1.165) is 37.5 Å². The molecule has 0 spiro atoms. The SMILES string of the molecule is CCCCCC(=O)OC1CCC(C2CC[Si](CCC)CC2)CC1. The molecule has 2 rings (SSSR count). The van der Waals surface area contributed by atoms with Gasteiger partial charge in [-0.05, 0) is 43.9 Å². The highest BCUT2D eigenvalue weighted by molar-refractivity contribution is 6.58. The Morgan fingerprint density at radius 2 is 1.57 bits per heavy atom. The molecule has 23 heavy (non-hydrogen) atoms. The van der Waals surface area contributed by atoms with E-state index in [0.29, 0.717) is 6.42 Å². The molecule has 0 N–H and O–H groups in total. The van der Waals surface area contributed by atoms with Crippen molar-refractivity contribution in [2.75, 3.05) is 0 Å². The lowest BCUT2D eigenvalue weighted by Crippen LogP contribution is -2.31. The molecule has 0 aromatic rings. The van der Waals surface area contributed by atoms with Crippen LogP contribution in [0.3, 0.4) is 0 Å². The second-order valence-electron chi connectivity index (χ2n) is 7.82. The van der Waals surface area contributed by atoms with Crippen LogP contribution in [0.2, 0.25) is 18.1 Å². The maximum absolute atomic E-state index is 11.8. The van der Waals surface area contributed by atoms with Crippen molar-refractivity contribution in [1.82, 2.24) is 0 Å². The van der Waals surface area contributed by atoms with Crippen molar-refractivity contribution in [3.05, 3.63) is 0 Å². The molecule has 1 saturated carbocycles. The van der Waals surface area contributed by atoms with Crippen molar-refractivity contribution < 1.29 is 9.53 Å². The zero-order valence-electron chi connectivity index (χ0n) is 15.4. The second-order valence-corrected chi connectivity index (χ2v) is 10.8. The standard InChI is InChI=1S/C20H37O2Si/c1-3-5-6-7-20(21)22-19-10-8-17(9-11-19)18-12-15-23(14-4-2)16-13-18/h17-19H,3-16H2,1-2H3. The van der Waals surface area contributed by atoms with E-state index in [4.69, 9.17) is 4.74 Å². The second kappa shape index (κ2) is 10.5. The average molecular weight is 338 g/mol. The molecule has 0 aromatic carbocycles. The van der Waals surface area contributed by atoms with Crippen LogP contribution in [0.4, 0.5) is 0 Å². The van der Waals surface area contributed by atoms with Crippen LogP contribution in [0.25, 0.3) is 0 Å². The van der Waals surface area contributed by atoms with Gasteiger partial charge < -0.3 is 4.74 Å². The molecular formula is C20H37O2Si. The first-order valence-electron chi connectivity index (χ1n) is 10.3. The molecule has 2 fully saturated rings. The summed E-state index contributed by atoms with van der Waals surface area (Å²) in [7, 11) is 0.0242. The highest BCUT2D eigenvalue weighted by Crippen LogP contribution is 2.40. The molecule has 0 bridgehead atoms. The lowest BCUT2D eigenvalue weighted by Gasteiger charge is -2.37. The Balaban J connectivity index is 1.61. The Labute approximate surface area is 145 Å². The van der Waals surface area contributed by atoms with Gasteiger partial charge in [-0.25, -0.2) is 0 Å². The molecule has 2 aliphatic rings. The molecule has 2 nitrogen and oxygen atoms in total. The summed E-state index contributed by atoms with van der Waals surface area (Å²) >= 11 is 0. The number of carbonyl (C=O) groups excluding carboxylic acids is 1. The van der Waals surface area contributed by atoms with Gasteiger partial charge in [0.15, 0.2) is 0 Å². The lowest BCUT2D eigenvalue weighted by molar-refractivity contribution is -0.151. The summed E-state index contributed by atoms with van der Waals surface area (Å²) in [6, 6.07) is 4.67. The third-order valence-electron chi connectivity index (χ3n) is 6.01. The van der Waals surface area contributed by atoms with Crippen LogP contribution < -0.4 is 0 Å². The number of rotatable bonds is 8. The topological polar surface area (TPSA) is 26.3 Å². The summed E-state index contributed by atoms with van der Waals surface area (Å²) in [4.78, 5) is 11.8. The van der Waals surface area contributed by atoms with Crippen molar-refractivity contribution in [3.8, 4) is 0 Å². The first-order valence-corrected chi connectivity index (χ1v) is 12.4. The number of carbonyl (C=O) groups is 1. The van der Waals surface area contributed by atoms with E-state index in [2.05, 4.69) is 13.8 Å². The lowest BCUT2D eigenvalue weighted by atomic mass is 9.76. The van der Waals surface area contributed by atoms with E-state index < -0.39 is 0 Å². The van der Waals surface area contributed by atoms with E-state index in [1.165, 1.54) is 44.6 Å². The van der Waals surface area contributed by atoms with Gasteiger partial charge in [0.25, 0.3) is 0 Å². The van der Waals surface area contributed by atoms with E-state index in [1.54, 1.807) is 12.1 Å². The average Bonchev–Trinajstić information content (AvgIpc) is 2.57. The van der Waals surface area contributed by atoms with E-state index in [1.807, 2.05) is 0 Å². The third kappa shape index (κ3) is 6.60. The number of hydrogen-bond acceptors (Lipinski definition) is 2. The molecule has 1 heterocycles. The fraction of sp³-hybridized carbons (Fsp3) is 0.950. The van der Waals surface area contributed by atoms with Crippen LogP contribution in [0.1, 0.15) is 84.5 Å². The zero-order chi connectivity index (χ0) is 16.5. The van der Waals surface area contributed by atoms with Crippen LogP contribution in [-0.4, -0.2) is 20.9 Å². The number of esters is 1. The molecule has 0 unspecified atom stereocenters. The largest absolute Gasteiger partial charge is 0.462 e. The van der Waals surface area contributed by atoms with Crippen molar-refractivity contribution in [3.63, 3.8) is 0 Å². The summed E-state index contributed by atoms with van der Waals surface area (Å²) in [5, 5.41) is 0. The van der Waals surface area contributed by atoms with Gasteiger partial charge in [0.2, 0.25) is 0 Å². The van der Waals surface area contributed by atoms with Crippen LogP contribution in [0, 0.1) is 11.8 Å². The van der Waals surface area contributed by atoms with E-state index in [-0.39, 0.29) is 20.9 Å². The Kier molecular flexibility index (Phi) is 8.71. The monoisotopic (exact) mass is 337 g/mol. The molecular weight excluding hydrogens is 300 g/mol. The molecule has 0 amide bonds. The molecule has 0 aromatic heterocycles. The van der Waals surface area contributed by atoms with Crippen LogP contribution >= 0.6 is 0 Å². The molecule has 1 aliphatic carbocycles. The minimum atomic E-state index is 0.0242. The minimum absolute atomic E-state index is 0.0242. The maximum Gasteiger partial charge on any atom is 0.306 e. The number of ether oxygens (including phenoxy) is 1. The highest BCUT2D eigenvalue weighted by Gasteiger charge is 2.32. The summed E-state index contributed by atoms with van der Waals surface area (Å²) in [6.45, 7) is 4.51. The van der Waals surface area contributed by atoms with Gasteiger partial charge in [0.1, 0.15) is 6.10 Å². The Hall–Kier alpha value is -0.313. The first kappa shape index (κ1) is 19.0. The zero-order valence-corrected chi connectivity index (χ0v) is 16.4. The van der Waals surface area contributed by atoms with Crippen LogP contribution in [0.15, 0.2) is 0 Å². The normalized spacial score (nSPS) is 27.0. The molecule has 3 heteroatoms. The van der Waals surface area contributed by atoms with Crippen LogP contribution in [0.5, 0.6) is 0 Å². The van der Waals surface area contributed by atoms with Crippen LogP contribution in [-0.2, 0) is 9.53 Å². The Morgan fingerprint density at radius 3 is 2.17 bits per heavy atom. The molecule has 0 atom stereocenters. The quantitative estimate of drug-likeness (QED) is 0.309. The molecule has 133 valence electrons. The van der Waals surface area contributed by atoms with Crippen molar-refractivity contribution in [2.24, 2.45) is 11.8 Å². The smallest absolute Gasteiger partial charge is 0.306 e. The summed E-state index contributed by atoms with van der Waals surface area (Å²) in [5.41, 5.74) is 0. The summed E-state index contributed by atoms with van der Waals surface area (Å²) in [5.74, 6) is 1.96. The van der Waals surface area contributed by atoms with Gasteiger partial charge in [0.05, 0.1) is 0 Å². The number of unbranched alkanes of at least 4 members (excludes halogenated alkanes) is 2. The fourth-order valence-electron chi connectivity index (χ4n) is 4.57. The van der Waals surface area contributed by atoms with Gasteiger partial charge in [-0.3, -0.25) is 4.79 Å². The maximum atomic E-state index is 11.8. The van der Waals surface area contributed by atoms with Gasteiger partial charge in [0, 0.05) is 15.2 Å². The third-order valence-corrected chi connectivity index (χ3v) is 9.21. The van der Waals surface area contributed by atoms with Crippen molar-refractivity contribution in [2.45, 2.75) is 109 Å². The fourth-order valence-corrected chi connectivity index (χ4v) is 7.58. The molecule has 1 radical (unpaired) electrons.